The number of pyridine rings is 1. The van der Waals surface area contributed by atoms with E-state index in [0.717, 1.165) is 47.0 Å². The monoisotopic (exact) mass is 643 g/mol. The molecule has 2 heterocycles. The van der Waals surface area contributed by atoms with Crippen LogP contribution in [0.3, 0.4) is 0 Å². The number of nitrogens with one attached hydrogen (secondary N) is 1. The number of halogens is 4. The van der Waals surface area contributed by atoms with Crippen LogP contribution in [0.1, 0.15) is 78.6 Å². The zero-order valence-corrected chi connectivity index (χ0v) is 26.8. The van der Waals surface area contributed by atoms with Crippen LogP contribution in [-0.4, -0.2) is 46.1 Å². The van der Waals surface area contributed by atoms with Gasteiger partial charge in [0.05, 0.1) is 18.0 Å². The summed E-state index contributed by atoms with van der Waals surface area (Å²) in [5, 5.41) is 12.4. The molecule has 2 unspecified atom stereocenters. The molecule has 1 amide bonds. The number of rotatable bonds is 12. The van der Waals surface area contributed by atoms with Crippen molar-refractivity contribution in [2.24, 2.45) is 5.92 Å². The molecule has 1 aliphatic rings. The Bertz CT molecular complexity index is 1640. The number of aryl methyl sites for hydroxylation is 3. The van der Waals surface area contributed by atoms with Crippen LogP contribution in [0.15, 0.2) is 47.4 Å². The van der Waals surface area contributed by atoms with Gasteiger partial charge in [0.15, 0.2) is 0 Å². The maximum Gasteiger partial charge on any atom is 0.416 e. The van der Waals surface area contributed by atoms with Crippen LogP contribution in [0.5, 0.6) is 0 Å². The molecule has 11 heteroatoms. The van der Waals surface area contributed by atoms with E-state index in [1.165, 1.54) is 6.07 Å². The van der Waals surface area contributed by atoms with E-state index in [1.54, 1.807) is 26.8 Å². The minimum Gasteiger partial charge on any atom is -0.481 e. The molecule has 1 saturated heterocycles. The molecule has 1 fully saturated rings. The summed E-state index contributed by atoms with van der Waals surface area (Å²) < 4.78 is 58.7. The average Bonchev–Trinajstić information content (AvgIpc) is 2.92. The number of carbonyl (C=O) groups excluding carboxylic acids is 1. The van der Waals surface area contributed by atoms with Crippen molar-refractivity contribution in [3.8, 4) is 11.1 Å². The number of carboxylic acids is 1. The lowest BCUT2D eigenvalue weighted by Gasteiger charge is -2.31. The SMILES string of the molecule is Cc1cc(-c2c(C)cccc2C)cc(C(CC(=O)O)NC(=O)C(CC(C)C)n2cc(CCN3CCC3)c(C(F)(F)F)cc2=O)c1F. The highest BCUT2D eigenvalue weighted by atomic mass is 19.4. The van der Waals surface area contributed by atoms with E-state index in [1.807, 2.05) is 36.9 Å². The van der Waals surface area contributed by atoms with E-state index < -0.39 is 53.5 Å². The molecule has 0 saturated carbocycles. The highest BCUT2D eigenvalue weighted by molar-refractivity contribution is 5.82. The quantitative estimate of drug-likeness (QED) is 0.213. The zero-order valence-electron chi connectivity index (χ0n) is 26.8. The minimum atomic E-state index is -4.76. The molecule has 2 N–H and O–H groups in total. The average molecular weight is 644 g/mol. The van der Waals surface area contributed by atoms with Gasteiger partial charge >= 0.3 is 12.1 Å². The van der Waals surface area contributed by atoms with Crippen LogP contribution in [-0.2, 0) is 22.2 Å². The van der Waals surface area contributed by atoms with E-state index >= 15 is 4.39 Å². The maximum atomic E-state index is 15.7. The third kappa shape index (κ3) is 8.04. The van der Waals surface area contributed by atoms with Crippen LogP contribution in [0.2, 0.25) is 0 Å². The fraction of sp³-hybridized carbons (Fsp3) is 0.457. The number of carboxylic acid groups (broad SMARTS) is 1. The summed E-state index contributed by atoms with van der Waals surface area (Å²) in [5.74, 6) is -2.93. The topological polar surface area (TPSA) is 91.6 Å². The number of alkyl halides is 3. The standard InChI is InChI=1S/C35H41F4N3O4/c1-20(2)14-29(42-19-24(10-13-41-11-7-12-41)27(17-30(42)43)35(37,38)39)34(46)40-28(18-31(44)45)26-16-25(15-23(5)33(26)36)32-21(3)8-6-9-22(32)4/h6,8-9,15-17,19-20,28-29H,7,10-14,18H2,1-5H3,(H,40,46)(H,44,45). The van der Waals surface area contributed by atoms with Crippen molar-refractivity contribution in [3.05, 3.63) is 92.1 Å². The van der Waals surface area contributed by atoms with Gasteiger partial charge in [0.2, 0.25) is 5.91 Å². The number of aliphatic carboxylic acids is 1. The minimum absolute atomic E-state index is 0.0301. The lowest BCUT2D eigenvalue weighted by atomic mass is 9.90. The van der Waals surface area contributed by atoms with Crippen LogP contribution in [0.25, 0.3) is 11.1 Å². The van der Waals surface area contributed by atoms with Crippen molar-refractivity contribution < 1.29 is 32.3 Å². The van der Waals surface area contributed by atoms with Crippen molar-refractivity contribution in [1.82, 2.24) is 14.8 Å². The van der Waals surface area contributed by atoms with Crippen molar-refractivity contribution in [1.29, 1.82) is 0 Å². The Labute approximate surface area is 266 Å². The number of benzene rings is 2. The summed E-state index contributed by atoms with van der Waals surface area (Å²) in [6.45, 7) is 10.9. The number of hydrogen-bond acceptors (Lipinski definition) is 4. The second kappa shape index (κ2) is 14.2. The predicted molar refractivity (Wildman–Crippen MR) is 168 cm³/mol. The van der Waals surface area contributed by atoms with Crippen molar-refractivity contribution in [2.45, 2.75) is 78.6 Å². The Balaban J connectivity index is 1.77. The van der Waals surface area contributed by atoms with Gasteiger partial charge in [0.25, 0.3) is 5.56 Å². The predicted octanol–water partition coefficient (Wildman–Crippen LogP) is 6.77. The van der Waals surface area contributed by atoms with E-state index in [-0.39, 0.29) is 35.4 Å². The molecule has 1 aromatic heterocycles. The molecule has 0 radical (unpaired) electrons. The first-order chi connectivity index (χ1) is 21.6. The number of hydrogen-bond donors (Lipinski definition) is 2. The van der Waals surface area contributed by atoms with Crippen molar-refractivity contribution in [3.63, 3.8) is 0 Å². The summed E-state index contributed by atoms with van der Waals surface area (Å²) in [7, 11) is 0. The maximum absolute atomic E-state index is 15.7. The third-order valence-electron chi connectivity index (χ3n) is 8.57. The number of amides is 1. The van der Waals surface area contributed by atoms with Crippen LogP contribution < -0.4 is 10.9 Å². The fourth-order valence-electron chi connectivity index (χ4n) is 6.12. The first-order valence-electron chi connectivity index (χ1n) is 15.5. The zero-order chi connectivity index (χ0) is 33.9. The molecule has 46 heavy (non-hydrogen) atoms. The lowest BCUT2D eigenvalue weighted by Crippen LogP contribution is -2.41. The van der Waals surface area contributed by atoms with Gasteiger partial charge in [0.1, 0.15) is 11.9 Å². The Hall–Kier alpha value is -3.99. The molecule has 3 aromatic rings. The van der Waals surface area contributed by atoms with E-state index in [4.69, 9.17) is 0 Å². The van der Waals surface area contributed by atoms with Gasteiger partial charge in [-0.25, -0.2) is 4.39 Å². The molecule has 2 aromatic carbocycles. The van der Waals surface area contributed by atoms with Gasteiger partial charge in [-0.15, -0.1) is 0 Å². The molecule has 7 nitrogen and oxygen atoms in total. The Morgan fingerprint density at radius 3 is 2.22 bits per heavy atom. The largest absolute Gasteiger partial charge is 0.481 e. The Morgan fingerprint density at radius 1 is 1.02 bits per heavy atom. The lowest BCUT2D eigenvalue weighted by molar-refractivity contribution is -0.139. The first-order valence-corrected chi connectivity index (χ1v) is 15.5. The van der Waals surface area contributed by atoms with Gasteiger partial charge in [-0.3, -0.25) is 14.4 Å². The first kappa shape index (κ1) is 34.9. The third-order valence-corrected chi connectivity index (χ3v) is 8.57. The van der Waals surface area contributed by atoms with E-state index in [9.17, 15) is 32.7 Å². The van der Waals surface area contributed by atoms with Gasteiger partial charge < -0.3 is 19.9 Å². The summed E-state index contributed by atoms with van der Waals surface area (Å²) in [6, 6.07) is 6.85. The Morgan fingerprint density at radius 2 is 1.67 bits per heavy atom. The van der Waals surface area contributed by atoms with Crippen molar-refractivity contribution in [2.75, 3.05) is 19.6 Å². The van der Waals surface area contributed by atoms with E-state index in [0.29, 0.717) is 18.2 Å². The highest BCUT2D eigenvalue weighted by Crippen LogP contribution is 2.35. The van der Waals surface area contributed by atoms with Gasteiger partial charge in [0, 0.05) is 24.4 Å². The number of carbonyl (C=O) groups is 2. The summed E-state index contributed by atoms with van der Waals surface area (Å²) >= 11 is 0. The molecular formula is C35H41F4N3O4. The highest BCUT2D eigenvalue weighted by Gasteiger charge is 2.36. The van der Waals surface area contributed by atoms with Crippen molar-refractivity contribution >= 4 is 11.9 Å². The summed E-state index contributed by atoms with van der Waals surface area (Å²) in [5.41, 5.74) is 1.43. The Kier molecular flexibility index (Phi) is 10.8. The molecule has 248 valence electrons. The molecule has 0 spiro atoms. The van der Waals surface area contributed by atoms with Gasteiger partial charge in [-0.2, -0.15) is 13.2 Å². The summed E-state index contributed by atoms with van der Waals surface area (Å²) in [4.78, 5) is 41.1. The number of aromatic nitrogens is 1. The van der Waals surface area contributed by atoms with Gasteiger partial charge in [-0.05, 0) is 105 Å². The molecule has 2 atom stereocenters. The smallest absolute Gasteiger partial charge is 0.416 e. The fourth-order valence-corrected chi connectivity index (χ4v) is 6.12. The van der Waals surface area contributed by atoms with E-state index in [2.05, 4.69) is 5.32 Å². The second-order valence-corrected chi connectivity index (χ2v) is 12.7. The molecule has 4 rings (SSSR count). The van der Waals surface area contributed by atoms with Gasteiger partial charge in [-0.1, -0.05) is 32.0 Å². The second-order valence-electron chi connectivity index (χ2n) is 12.7. The molecule has 0 bridgehead atoms. The van der Waals surface area contributed by atoms with Crippen LogP contribution in [0, 0.1) is 32.5 Å². The normalized spacial score (nSPS) is 15.0. The van der Waals surface area contributed by atoms with Crippen LogP contribution in [0.4, 0.5) is 17.6 Å². The summed E-state index contributed by atoms with van der Waals surface area (Å²) in [6.07, 6.45) is -3.24. The van der Waals surface area contributed by atoms with Crippen LogP contribution >= 0.6 is 0 Å². The number of nitrogens with zero attached hydrogens (tertiary/aromatic N) is 2. The molecule has 1 aliphatic heterocycles. The molecular weight excluding hydrogens is 602 g/mol. The number of likely N-dealkylation sites (tertiary alicyclic amines) is 1. The molecule has 0 aliphatic carbocycles.